The standard InChI is InChI=1S/C18H20N8/c1-13-9-16(24-12-23-13)26-8-2-3-14(11-26)17-18(22-7-6-21-17)25-15-10-19-4-5-20-15/h4-7,9-10,12,14H,2-3,8,11H2,1H3,(H,20,22,25). The van der Waals surface area contributed by atoms with Crippen LogP contribution in [0.2, 0.25) is 0 Å². The predicted octanol–water partition coefficient (Wildman–Crippen LogP) is 2.49. The Labute approximate surface area is 151 Å². The number of nitrogens with zero attached hydrogens (tertiary/aromatic N) is 7. The van der Waals surface area contributed by atoms with Gasteiger partial charge in [-0.2, -0.15) is 0 Å². The number of hydrogen-bond acceptors (Lipinski definition) is 8. The van der Waals surface area contributed by atoms with E-state index < -0.39 is 0 Å². The number of piperidine rings is 1. The first-order chi connectivity index (χ1) is 12.8. The number of aromatic nitrogens is 6. The van der Waals surface area contributed by atoms with Gasteiger partial charge in [-0.25, -0.2) is 19.9 Å². The number of aryl methyl sites for hydroxylation is 1. The van der Waals surface area contributed by atoms with Crippen molar-refractivity contribution in [3.05, 3.63) is 54.8 Å². The molecule has 1 unspecified atom stereocenters. The summed E-state index contributed by atoms with van der Waals surface area (Å²) in [5.41, 5.74) is 1.93. The lowest BCUT2D eigenvalue weighted by Gasteiger charge is -2.33. The third-order valence-corrected chi connectivity index (χ3v) is 4.46. The lowest BCUT2D eigenvalue weighted by atomic mass is 9.94. The van der Waals surface area contributed by atoms with Crippen LogP contribution >= 0.6 is 0 Å². The first kappa shape index (κ1) is 16.3. The van der Waals surface area contributed by atoms with Crippen LogP contribution in [0, 0.1) is 6.92 Å². The minimum Gasteiger partial charge on any atom is -0.356 e. The highest BCUT2D eigenvalue weighted by Gasteiger charge is 2.26. The van der Waals surface area contributed by atoms with Crippen LogP contribution in [-0.4, -0.2) is 43.0 Å². The minimum absolute atomic E-state index is 0.270. The SMILES string of the molecule is Cc1cc(N2CCCC(c3nccnc3Nc3cnccn3)C2)ncn1. The molecular weight excluding hydrogens is 328 g/mol. The van der Waals surface area contributed by atoms with Crippen molar-refractivity contribution in [2.24, 2.45) is 0 Å². The Balaban J connectivity index is 1.57. The second-order valence-corrected chi connectivity index (χ2v) is 6.31. The fourth-order valence-corrected chi connectivity index (χ4v) is 3.25. The summed E-state index contributed by atoms with van der Waals surface area (Å²) in [6, 6.07) is 2.03. The van der Waals surface area contributed by atoms with E-state index in [4.69, 9.17) is 0 Å². The van der Waals surface area contributed by atoms with Gasteiger partial charge in [0, 0.05) is 55.6 Å². The van der Waals surface area contributed by atoms with Gasteiger partial charge in [-0.3, -0.25) is 9.97 Å². The van der Waals surface area contributed by atoms with Crippen LogP contribution in [0.1, 0.15) is 30.1 Å². The van der Waals surface area contributed by atoms with E-state index in [1.54, 1.807) is 37.3 Å². The van der Waals surface area contributed by atoms with E-state index in [2.05, 4.69) is 40.1 Å². The molecule has 0 radical (unpaired) electrons. The molecule has 0 bridgehead atoms. The van der Waals surface area contributed by atoms with Crippen molar-refractivity contribution in [1.29, 1.82) is 0 Å². The molecule has 0 saturated carbocycles. The van der Waals surface area contributed by atoms with Crippen LogP contribution in [0.3, 0.4) is 0 Å². The van der Waals surface area contributed by atoms with Crippen LogP contribution < -0.4 is 10.2 Å². The molecule has 132 valence electrons. The zero-order chi connectivity index (χ0) is 17.8. The van der Waals surface area contributed by atoms with Gasteiger partial charge in [0.05, 0.1) is 11.9 Å². The largest absolute Gasteiger partial charge is 0.356 e. The third kappa shape index (κ3) is 3.58. The summed E-state index contributed by atoms with van der Waals surface area (Å²) in [5, 5.41) is 3.24. The topological polar surface area (TPSA) is 92.6 Å². The molecule has 1 fully saturated rings. The number of rotatable bonds is 4. The maximum Gasteiger partial charge on any atom is 0.153 e. The maximum atomic E-state index is 4.61. The highest BCUT2D eigenvalue weighted by Crippen LogP contribution is 2.31. The van der Waals surface area contributed by atoms with E-state index in [0.29, 0.717) is 5.82 Å². The average molecular weight is 348 g/mol. The van der Waals surface area contributed by atoms with Crippen LogP contribution in [0.15, 0.2) is 43.4 Å². The molecule has 1 atom stereocenters. The maximum absolute atomic E-state index is 4.61. The average Bonchev–Trinajstić information content (AvgIpc) is 2.69. The van der Waals surface area contributed by atoms with Crippen molar-refractivity contribution in [1.82, 2.24) is 29.9 Å². The van der Waals surface area contributed by atoms with E-state index in [1.807, 2.05) is 13.0 Å². The van der Waals surface area contributed by atoms with E-state index in [-0.39, 0.29) is 5.92 Å². The minimum atomic E-state index is 0.270. The van der Waals surface area contributed by atoms with E-state index in [9.17, 15) is 0 Å². The first-order valence-electron chi connectivity index (χ1n) is 8.67. The molecule has 1 saturated heterocycles. The van der Waals surface area contributed by atoms with E-state index in [0.717, 1.165) is 49.0 Å². The Morgan fingerprint density at radius 1 is 1.04 bits per heavy atom. The van der Waals surface area contributed by atoms with Crippen molar-refractivity contribution in [3.63, 3.8) is 0 Å². The van der Waals surface area contributed by atoms with E-state index in [1.165, 1.54) is 0 Å². The Morgan fingerprint density at radius 2 is 1.92 bits per heavy atom. The normalized spacial score (nSPS) is 17.1. The molecule has 1 aliphatic heterocycles. The second-order valence-electron chi connectivity index (χ2n) is 6.31. The summed E-state index contributed by atoms with van der Waals surface area (Å²) < 4.78 is 0. The quantitative estimate of drug-likeness (QED) is 0.769. The summed E-state index contributed by atoms with van der Waals surface area (Å²) in [6.45, 7) is 3.82. The molecule has 3 aromatic heterocycles. The second kappa shape index (κ2) is 7.38. The molecule has 8 nitrogen and oxygen atoms in total. The third-order valence-electron chi connectivity index (χ3n) is 4.46. The van der Waals surface area contributed by atoms with E-state index >= 15 is 0 Å². The van der Waals surface area contributed by atoms with Crippen molar-refractivity contribution >= 4 is 17.5 Å². The molecule has 4 rings (SSSR count). The van der Waals surface area contributed by atoms with Gasteiger partial charge in [0.2, 0.25) is 0 Å². The predicted molar refractivity (Wildman–Crippen MR) is 98.3 cm³/mol. The van der Waals surface area contributed by atoms with Crippen molar-refractivity contribution in [2.75, 3.05) is 23.3 Å². The van der Waals surface area contributed by atoms with Gasteiger partial charge in [0.1, 0.15) is 18.0 Å². The fraction of sp³-hybridized carbons (Fsp3) is 0.333. The first-order valence-corrected chi connectivity index (χ1v) is 8.67. The summed E-state index contributed by atoms with van der Waals surface area (Å²) >= 11 is 0. The Bertz CT molecular complexity index is 870. The molecule has 3 aromatic rings. The van der Waals surface area contributed by atoms with Crippen LogP contribution in [0.4, 0.5) is 17.5 Å². The molecule has 0 amide bonds. The molecule has 1 aliphatic rings. The molecule has 0 aromatic carbocycles. The van der Waals surface area contributed by atoms with Crippen LogP contribution in [-0.2, 0) is 0 Å². The lowest BCUT2D eigenvalue weighted by Crippen LogP contribution is -2.35. The summed E-state index contributed by atoms with van der Waals surface area (Å²) in [5.74, 6) is 2.63. The molecule has 4 heterocycles. The van der Waals surface area contributed by atoms with Crippen LogP contribution in [0.25, 0.3) is 0 Å². The highest BCUT2D eigenvalue weighted by atomic mass is 15.2. The Kier molecular flexibility index (Phi) is 4.63. The number of nitrogens with one attached hydrogen (secondary N) is 1. The summed E-state index contributed by atoms with van der Waals surface area (Å²) in [6.07, 6.45) is 12.2. The van der Waals surface area contributed by atoms with Gasteiger partial charge < -0.3 is 10.2 Å². The molecular formula is C18H20N8. The Morgan fingerprint density at radius 3 is 2.77 bits per heavy atom. The summed E-state index contributed by atoms with van der Waals surface area (Å²) in [4.78, 5) is 28.3. The monoisotopic (exact) mass is 348 g/mol. The van der Waals surface area contributed by atoms with Gasteiger partial charge in [-0.05, 0) is 19.8 Å². The molecule has 8 heteroatoms. The summed E-state index contributed by atoms with van der Waals surface area (Å²) in [7, 11) is 0. The zero-order valence-corrected chi connectivity index (χ0v) is 14.6. The van der Waals surface area contributed by atoms with Crippen LogP contribution in [0.5, 0.6) is 0 Å². The van der Waals surface area contributed by atoms with Gasteiger partial charge in [0.25, 0.3) is 0 Å². The van der Waals surface area contributed by atoms with Crippen molar-refractivity contribution in [3.8, 4) is 0 Å². The van der Waals surface area contributed by atoms with Gasteiger partial charge in [-0.1, -0.05) is 0 Å². The van der Waals surface area contributed by atoms with Gasteiger partial charge in [0.15, 0.2) is 5.82 Å². The van der Waals surface area contributed by atoms with Crippen molar-refractivity contribution < 1.29 is 0 Å². The van der Waals surface area contributed by atoms with Gasteiger partial charge in [-0.15, -0.1) is 0 Å². The number of anilines is 3. The lowest BCUT2D eigenvalue weighted by molar-refractivity contribution is 0.498. The smallest absolute Gasteiger partial charge is 0.153 e. The van der Waals surface area contributed by atoms with Crippen molar-refractivity contribution in [2.45, 2.75) is 25.7 Å². The zero-order valence-electron chi connectivity index (χ0n) is 14.6. The highest BCUT2D eigenvalue weighted by molar-refractivity contribution is 5.54. The molecule has 26 heavy (non-hydrogen) atoms. The fourth-order valence-electron chi connectivity index (χ4n) is 3.25. The molecule has 1 N–H and O–H groups in total. The number of hydrogen-bond donors (Lipinski definition) is 1. The van der Waals surface area contributed by atoms with Gasteiger partial charge >= 0.3 is 0 Å². The molecule has 0 aliphatic carbocycles. The molecule has 0 spiro atoms. The Hall–Kier alpha value is -3.16.